The Balaban J connectivity index is 3.09. The van der Waals surface area contributed by atoms with Gasteiger partial charge in [0.05, 0.1) is 6.61 Å². The van der Waals surface area contributed by atoms with Gasteiger partial charge in [0.1, 0.15) is 0 Å². The minimum atomic E-state index is 0.324. The zero-order valence-corrected chi connectivity index (χ0v) is 6.14. The van der Waals surface area contributed by atoms with Crippen LogP contribution in [0, 0.1) is 19.4 Å². The monoisotopic (exact) mass is 128 g/mol. The highest BCUT2D eigenvalue weighted by atomic mass is 16.3. The van der Waals surface area contributed by atoms with Gasteiger partial charge in [-0.05, 0) is 18.8 Å². The van der Waals surface area contributed by atoms with Gasteiger partial charge in [-0.15, -0.1) is 0 Å². The maximum Gasteiger partial charge on any atom is 0.0829 e. The Morgan fingerprint density at radius 3 is 2.67 bits per heavy atom. The van der Waals surface area contributed by atoms with Crippen LogP contribution in [0.2, 0.25) is 0 Å². The second-order valence-electron chi connectivity index (χ2n) is 2.34. The van der Waals surface area contributed by atoms with Gasteiger partial charge >= 0.3 is 0 Å². The first-order valence-corrected chi connectivity index (χ1v) is 3.62. The predicted octanol–water partition coefficient (Wildman–Crippen LogP) is 2.55. The van der Waals surface area contributed by atoms with Crippen LogP contribution in [-0.4, -0.2) is 5.11 Å². The number of aliphatic hydroxyl groups is 1. The van der Waals surface area contributed by atoms with Gasteiger partial charge in [0.15, 0.2) is 0 Å². The van der Waals surface area contributed by atoms with Gasteiger partial charge in [0, 0.05) is 0 Å². The van der Waals surface area contributed by atoms with Crippen molar-refractivity contribution < 1.29 is 5.11 Å². The molecule has 0 saturated heterocycles. The van der Waals surface area contributed by atoms with Gasteiger partial charge in [0.25, 0.3) is 0 Å². The average Bonchev–Trinajstić information content (AvgIpc) is 1.91. The Bertz CT molecular complexity index is 48.5. The summed E-state index contributed by atoms with van der Waals surface area (Å²) in [6, 6.07) is 0. The van der Waals surface area contributed by atoms with E-state index >= 15 is 0 Å². The summed E-state index contributed by atoms with van der Waals surface area (Å²) in [6.45, 7) is 7.14. The minimum Gasteiger partial charge on any atom is -0.390 e. The summed E-state index contributed by atoms with van der Waals surface area (Å²) in [5.41, 5.74) is 0. The molecule has 0 aromatic heterocycles. The highest BCUT2D eigenvalue weighted by Gasteiger charge is 2.02. The number of hydrogen-bond acceptors (Lipinski definition) is 1. The topological polar surface area (TPSA) is 20.2 Å². The van der Waals surface area contributed by atoms with Crippen LogP contribution >= 0.6 is 0 Å². The van der Waals surface area contributed by atoms with Crippen LogP contribution in [0.5, 0.6) is 0 Å². The van der Waals surface area contributed by atoms with Crippen molar-refractivity contribution in [1.82, 2.24) is 0 Å². The molecule has 54 valence electrons. The quantitative estimate of drug-likeness (QED) is 0.603. The lowest BCUT2D eigenvalue weighted by molar-refractivity contribution is 0.301. The fraction of sp³-hybridized carbons (Fsp3) is 0.750. The summed E-state index contributed by atoms with van der Waals surface area (Å²) in [7, 11) is 0. The standard InChI is InChI=1S/C8H16O/c1-3-5-6-8(4-2)7-9/h7-9H,2-6H2,1H3. The summed E-state index contributed by atoms with van der Waals surface area (Å²) in [6.07, 6.45) is 4.29. The van der Waals surface area contributed by atoms with Crippen LogP contribution in [-0.2, 0) is 0 Å². The molecule has 2 radical (unpaired) electrons. The Kier molecular flexibility index (Phi) is 6.06. The minimum absolute atomic E-state index is 0.324. The zero-order chi connectivity index (χ0) is 7.11. The van der Waals surface area contributed by atoms with Gasteiger partial charge in [-0.2, -0.15) is 0 Å². The van der Waals surface area contributed by atoms with Crippen molar-refractivity contribution in [2.75, 3.05) is 0 Å². The molecule has 1 N–H and O–H groups in total. The first-order valence-electron chi connectivity index (χ1n) is 3.62. The van der Waals surface area contributed by atoms with Crippen molar-refractivity contribution in [3.8, 4) is 0 Å². The van der Waals surface area contributed by atoms with Crippen molar-refractivity contribution in [2.45, 2.75) is 32.6 Å². The lowest BCUT2D eigenvalue weighted by atomic mass is 10.0. The number of rotatable bonds is 5. The van der Waals surface area contributed by atoms with E-state index in [1.54, 1.807) is 0 Å². The molecule has 0 aromatic rings. The Morgan fingerprint density at radius 1 is 1.67 bits per heavy atom. The highest BCUT2D eigenvalue weighted by molar-refractivity contribution is 4.66. The molecule has 0 rings (SSSR count). The molecule has 0 amide bonds. The van der Waals surface area contributed by atoms with Crippen molar-refractivity contribution in [3.05, 3.63) is 13.5 Å². The van der Waals surface area contributed by atoms with Crippen molar-refractivity contribution in [1.29, 1.82) is 0 Å². The molecule has 0 aliphatic carbocycles. The molecule has 0 aliphatic heterocycles. The Labute approximate surface area is 58.1 Å². The molecule has 0 aliphatic rings. The van der Waals surface area contributed by atoms with Gasteiger partial charge in [-0.25, -0.2) is 0 Å². The predicted molar refractivity (Wildman–Crippen MR) is 39.2 cm³/mol. The molecule has 1 atom stereocenters. The van der Waals surface area contributed by atoms with E-state index in [-0.39, 0.29) is 0 Å². The number of unbranched alkanes of at least 4 members (excludes halogenated alkanes) is 1. The van der Waals surface area contributed by atoms with E-state index in [0.717, 1.165) is 12.8 Å². The fourth-order valence-corrected chi connectivity index (χ4v) is 0.760. The summed E-state index contributed by atoms with van der Waals surface area (Å²) >= 11 is 0. The van der Waals surface area contributed by atoms with E-state index in [2.05, 4.69) is 13.8 Å². The van der Waals surface area contributed by atoms with Crippen LogP contribution in [0.25, 0.3) is 0 Å². The van der Waals surface area contributed by atoms with E-state index < -0.39 is 0 Å². The van der Waals surface area contributed by atoms with Crippen LogP contribution in [0.15, 0.2) is 0 Å². The summed E-state index contributed by atoms with van der Waals surface area (Å²) < 4.78 is 0. The molecule has 0 aromatic carbocycles. The Morgan fingerprint density at radius 2 is 2.33 bits per heavy atom. The van der Waals surface area contributed by atoms with Gasteiger partial charge in [0.2, 0.25) is 0 Å². The molecule has 1 nitrogen and oxygen atoms in total. The van der Waals surface area contributed by atoms with Crippen LogP contribution in [0.3, 0.4) is 0 Å². The molecule has 0 spiro atoms. The first-order chi connectivity index (χ1) is 4.35. The largest absolute Gasteiger partial charge is 0.390 e. The Hall–Kier alpha value is -0.0400. The number of aliphatic hydroxyl groups excluding tert-OH is 1. The molecule has 0 saturated carbocycles. The molecular weight excluding hydrogens is 112 g/mol. The third-order valence-electron chi connectivity index (χ3n) is 1.51. The first kappa shape index (κ1) is 8.96. The summed E-state index contributed by atoms with van der Waals surface area (Å²) in [5.74, 6) is 0.324. The molecule has 0 bridgehead atoms. The van der Waals surface area contributed by atoms with Crippen LogP contribution in [0.4, 0.5) is 0 Å². The van der Waals surface area contributed by atoms with E-state index in [4.69, 9.17) is 5.11 Å². The SMILES string of the molecule is [CH2]CC([CH]O)CCCC. The van der Waals surface area contributed by atoms with Crippen LogP contribution < -0.4 is 0 Å². The third kappa shape index (κ3) is 4.46. The number of hydrogen-bond donors (Lipinski definition) is 1. The van der Waals surface area contributed by atoms with Crippen molar-refractivity contribution in [3.63, 3.8) is 0 Å². The lowest BCUT2D eigenvalue weighted by Gasteiger charge is -2.07. The normalized spacial score (nSPS) is 13.7. The van der Waals surface area contributed by atoms with Gasteiger partial charge in [-0.1, -0.05) is 26.7 Å². The smallest absolute Gasteiger partial charge is 0.0829 e. The molecule has 1 heteroatoms. The maximum absolute atomic E-state index is 8.59. The highest BCUT2D eigenvalue weighted by Crippen LogP contribution is 2.12. The molecule has 9 heavy (non-hydrogen) atoms. The van der Waals surface area contributed by atoms with Gasteiger partial charge < -0.3 is 5.11 Å². The van der Waals surface area contributed by atoms with E-state index in [0.29, 0.717) is 5.92 Å². The second-order valence-corrected chi connectivity index (χ2v) is 2.34. The van der Waals surface area contributed by atoms with E-state index in [1.807, 2.05) is 0 Å². The third-order valence-corrected chi connectivity index (χ3v) is 1.51. The fourth-order valence-electron chi connectivity index (χ4n) is 0.760. The molecule has 1 unspecified atom stereocenters. The maximum atomic E-state index is 8.59. The van der Waals surface area contributed by atoms with Gasteiger partial charge in [-0.3, -0.25) is 0 Å². The van der Waals surface area contributed by atoms with E-state index in [9.17, 15) is 0 Å². The van der Waals surface area contributed by atoms with E-state index in [1.165, 1.54) is 19.4 Å². The molecule has 0 fully saturated rings. The molecular formula is C8H16O. The van der Waals surface area contributed by atoms with Crippen molar-refractivity contribution >= 4 is 0 Å². The molecule has 0 heterocycles. The second kappa shape index (κ2) is 6.09. The van der Waals surface area contributed by atoms with Crippen LogP contribution in [0.1, 0.15) is 32.6 Å². The summed E-state index contributed by atoms with van der Waals surface area (Å²) in [5, 5.41) is 8.59. The van der Waals surface area contributed by atoms with Crippen molar-refractivity contribution in [2.24, 2.45) is 5.92 Å². The average molecular weight is 128 g/mol. The summed E-state index contributed by atoms with van der Waals surface area (Å²) in [4.78, 5) is 0. The zero-order valence-electron chi connectivity index (χ0n) is 6.14. The lowest BCUT2D eigenvalue weighted by Crippen LogP contribution is -1.98.